The van der Waals surface area contributed by atoms with Crippen LogP contribution in [-0.2, 0) is 0 Å². The van der Waals surface area contributed by atoms with Crippen molar-refractivity contribution >= 4 is 5.69 Å². The Kier molecular flexibility index (Phi) is 4.35. The second kappa shape index (κ2) is 5.83. The summed E-state index contributed by atoms with van der Waals surface area (Å²) in [5, 5.41) is 3.72. The van der Waals surface area contributed by atoms with E-state index in [1.54, 1.807) is 7.11 Å². The quantitative estimate of drug-likeness (QED) is 0.878. The summed E-state index contributed by atoms with van der Waals surface area (Å²) in [4.78, 5) is 0. The molecule has 0 atom stereocenters. The number of benzene rings is 1. The first-order chi connectivity index (χ1) is 9.02. The maximum absolute atomic E-state index is 5.97. The van der Waals surface area contributed by atoms with Crippen LogP contribution in [0.5, 0.6) is 5.75 Å². The van der Waals surface area contributed by atoms with Crippen molar-refractivity contribution in [2.24, 2.45) is 5.73 Å². The van der Waals surface area contributed by atoms with Crippen LogP contribution in [0.1, 0.15) is 42.4 Å². The van der Waals surface area contributed by atoms with E-state index in [0.717, 1.165) is 18.6 Å². The Bertz CT molecular complexity index is 449. The molecule has 1 aromatic rings. The van der Waals surface area contributed by atoms with Crippen LogP contribution in [0, 0.1) is 20.8 Å². The molecule has 0 saturated heterocycles. The molecular weight excluding hydrogens is 236 g/mol. The van der Waals surface area contributed by atoms with Crippen molar-refractivity contribution in [1.29, 1.82) is 0 Å². The van der Waals surface area contributed by atoms with Gasteiger partial charge in [0.05, 0.1) is 7.11 Å². The summed E-state index contributed by atoms with van der Waals surface area (Å²) in [6.07, 6.45) is 4.60. The van der Waals surface area contributed by atoms with Crippen LogP contribution in [-0.4, -0.2) is 19.2 Å². The zero-order valence-electron chi connectivity index (χ0n) is 12.5. The van der Waals surface area contributed by atoms with Gasteiger partial charge in [-0.2, -0.15) is 0 Å². The third-order valence-electron chi connectivity index (χ3n) is 4.39. The molecule has 1 aliphatic carbocycles. The van der Waals surface area contributed by atoms with E-state index in [-0.39, 0.29) is 0 Å². The zero-order chi connectivity index (χ0) is 14.0. The molecule has 0 unspecified atom stereocenters. The number of hydrogen-bond donors (Lipinski definition) is 2. The van der Waals surface area contributed by atoms with Crippen molar-refractivity contribution in [1.82, 2.24) is 0 Å². The molecule has 0 radical (unpaired) electrons. The number of nitrogens with two attached hydrogens (primary N) is 1. The Morgan fingerprint density at radius 3 is 2.32 bits per heavy atom. The lowest BCUT2D eigenvalue weighted by Crippen LogP contribution is -2.33. The van der Waals surface area contributed by atoms with E-state index in [1.165, 1.54) is 35.2 Å². The highest BCUT2D eigenvalue weighted by Gasteiger charge is 2.20. The van der Waals surface area contributed by atoms with E-state index in [4.69, 9.17) is 10.5 Å². The van der Waals surface area contributed by atoms with Gasteiger partial charge in [0.25, 0.3) is 0 Å². The van der Waals surface area contributed by atoms with Crippen molar-refractivity contribution in [2.45, 2.75) is 58.5 Å². The molecule has 3 nitrogen and oxygen atoms in total. The molecule has 3 N–H and O–H groups in total. The average Bonchev–Trinajstić information content (AvgIpc) is 2.41. The van der Waals surface area contributed by atoms with Gasteiger partial charge in [-0.05, 0) is 69.2 Å². The van der Waals surface area contributed by atoms with Crippen molar-refractivity contribution in [3.8, 4) is 5.75 Å². The van der Waals surface area contributed by atoms with Gasteiger partial charge in [0.2, 0.25) is 0 Å². The van der Waals surface area contributed by atoms with Gasteiger partial charge in [0.1, 0.15) is 5.75 Å². The lowest BCUT2D eigenvalue weighted by molar-refractivity contribution is 0.408. The fourth-order valence-corrected chi connectivity index (χ4v) is 2.95. The smallest absolute Gasteiger partial charge is 0.122 e. The highest BCUT2D eigenvalue weighted by Crippen LogP contribution is 2.33. The summed E-state index contributed by atoms with van der Waals surface area (Å²) in [6, 6.07) is 3.09. The highest BCUT2D eigenvalue weighted by atomic mass is 16.5. The summed E-state index contributed by atoms with van der Waals surface area (Å²) in [6.45, 7) is 6.43. The molecule has 0 bridgehead atoms. The predicted octanol–water partition coefficient (Wildman–Crippen LogP) is 3.30. The molecule has 0 heterocycles. The molecule has 3 heteroatoms. The molecule has 1 fully saturated rings. The van der Waals surface area contributed by atoms with E-state index in [2.05, 4.69) is 32.2 Å². The predicted molar refractivity (Wildman–Crippen MR) is 81.1 cm³/mol. The largest absolute Gasteiger partial charge is 0.496 e. The van der Waals surface area contributed by atoms with E-state index < -0.39 is 0 Å². The summed E-state index contributed by atoms with van der Waals surface area (Å²) >= 11 is 0. The van der Waals surface area contributed by atoms with Crippen LogP contribution >= 0.6 is 0 Å². The molecule has 0 spiro atoms. The van der Waals surface area contributed by atoms with Crippen LogP contribution in [0.15, 0.2) is 6.07 Å². The van der Waals surface area contributed by atoms with Crippen LogP contribution in [0.4, 0.5) is 5.69 Å². The Hall–Kier alpha value is -1.22. The zero-order valence-corrected chi connectivity index (χ0v) is 12.5. The topological polar surface area (TPSA) is 47.3 Å². The summed E-state index contributed by atoms with van der Waals surface area (Å²) < 4.78 is 5.42. The first kappa shape index (κ1) is 14.2. The van der Waals surface area contributed by atoms with E-state index in [9.17, 15) is 0 Å². The summed E-state index contributed by atoms with van der Waals surface area (Å²) in [7, 11) is 1.73. The Morgan fingerprint density at radius 2 is 1.74 bits per heavy atom. The van der Waals surface area contributed by atoms with Gasteiger partial charge in [-0.1, -0.05) is 0 Å². The minimum absolute atomic E-state index is 0.401. The van der Waals surface area contributed by atoms with Crippen molar-refractivity contribution in [2.75, 3.05) is 12.4 Å². The van der Waals surface area contributed by atoms with Gasteiger partial charge in [-0.15, -0.1) is 0 Å². The lowest BCUT2D eigenvalue weighted by atomic mass is 9.91. The molecule has 0 amide bonds. The number of methoxy groups -OCH3 is 1. The van der Waals surface area contributed by atoms with Gasteiger partial charge in [-0.25, -0.2) is 0 Å². The molecule has 1 saturated carbocycles. The maximum Gasteiger partial charge on any atom is 0.122 e. The fourth-order valence-electron chi connectivity index (χ4n) is 2.95. The van der Waals surface area contributed by atoms with Gasteiger partial charge >= 0.3 is 0 Å². The Morgan fingerprint density at radius 1 is 1.11 bits per heavy atom. The molecule has 1 aliphatic rings. The second-order valence-electron chi connectivity index (χ2n) is 5.78. The van der Waals surface area contributed by atoms with Gasteiger partial charge in [0, 0.05) is 17.8 Å². The van der Waals surface area contributed by atoms with Crippen LogP contribution < -0.4 is 15.8 Å². The molecule has 106 valence electrons. The highest BCUT2D eigenvalue weighted by molar-refractivity contribution is 5.63. The van der Waals surface area contributed by atoms with Gasteiger partial charge in [-0.3, -0.25) is 0 Å². The van der Waals surface area contributed by atoms with Crippen molar-refractivity contribution < 1.29 is 4.74 Å². The van der Waals surface area contributed by atoms with E-state index >= 15 is 0 Å². The monoisotopic (exact) mass is 262 g/mol. The number of nitrogens with one attached hydrogen (secondary N) is 1. The summed E-state index contributed by atoms with van der Waals surface area (Å²) in [5.74, 6) is 0.978. The molecule has 0 aromatic heterocycles. The van der Waals surface area contributed by atoms with Crippen LogP contribution in [0.3, 0.4) is 0 Å². The number of aryl methyl sites for hydroxylation is 1. The number of anilines is 1. The van der Waals surface area contributed by atoms with Crippen molar-refractivity contribution in [3.63, 3.8) is 0 Å². The minimum Gasteiger partial charge on any atom is -0.496 e. The number of rotatable bonds is 3. The number of hydrogen-bond acceptors (Lipinski definition) is 3. The Balaban J connectivity index is 2.18. The first-order valence-electron chi connectivity index (χ1n) is 7.19. The van der Waals surface area contributed by atoms with Gasteiger partial charge in [0.15, 0.2) is 0 Å². The molecule has 19 heavy (non-hydrogen) atoms. The number of ether oxygens (including phenoxy) is 1. The molecule has 1 aromatic carbocycles. The molecule has 2 rings (SSSR count). The standard InChI is InChI=1S/C16H26N2O/c1-10-9-15(19-4)11(2)12(3)16(10)18-14-7-5-13(17)6-8-14/h9,13-14,18H,5-8,17H2,1-4H3. The maximum atomic E-state index is 5.97. The molecule has 0 aliphatic heterocycles. The van der Waals surface area contributed by atoms with E-state index in [1.807, 2.05) is 0 Å². The third kappa shape index (κ3) is 3.03. The Labute approximate surface area is 116 Å². The normalized spacial score (nSPS) is 23.2. The van der Waals surface area contributed by atoms with Crippen molar-refractivity contribution in [3.05, 3.63) is 22.8 Å². The van der Waals surface area contributed by atoms with E-state index in [0.29, 0.717) is 12.1 Å². The SMILES string of the molecule is COc1cc(C)c(NC2CCC(N)CC2)c(C)c1C. The fraction of sp³-hybridized carbons (Fsp3) is 0.625. The first-order valence-corrected chi connectivity index (χ1v) is 7.19. The lowest BCUT2D eigenvalue weighted by Gasteiger charge is -2.29. The average molecular weight is 262 g/mol. The second-order valence-corrected chi connectivity index (χ2v) is 5.78. The third-order valence-corrected chi connectivity index (χ3v) is 4.39. The van der Waals surface area contributed by atoms with Gasteiger partial charge < -0.3 is 15.8 Å². The summed E-state index contributed by atoms with van der Waals surface area (Å²) in [5.41, 5.74) is 11.0. The molecular formula is C16H26N2O. The minimum atomic E-state index is 0.401. The van der Waals surface area contributed by atoms with Crippen LogP contribution in [0.2, 0.25) is 0 Å². The van der Waals surface area contributed by atoms with Crippen LogP contribution in [0.25, 0.3) is 0 Å².